The average Bonchev–Trinajstić information content (AvgIpc) is 3.30. The van der Waals surface area contributed by atoms with Crippen LogP contribution in [0.5, 0.6) is 11.5 Å². The van der Waals surface area contributed by atoms with E-state index < -0.39 is 12.0 Å². The smallest absolute Gasteiger partial charge is 0.338 e. The Morgan fingerprint density at radius 1 is 1.05 bits per heavy atom. The van der Waals surface area contributed by atoms with Crippen LogP contribution in [0.15, 0.2) is 93.9 Å². The Morgan fingerprint density at radius 2 is 1.73 bits per heavy atom. The largest absolute Gasteiger partial charge is 0.497 e. The van der Waals surface area contributed by atoms with Gasteiger partial charge in [0.1, 0.15) is 18.1 Å². The minimum Gasteiger partial charge on any atom is -0.497 e. The number of carbonyl (C=O) groups excluding carboxylic acids is 1. The van der Waals surface area contributed by atoms with Gasteiger partial charge in [-0.3, -0.25) is 9.36 Å². The maximum absolute atomic E-state index is 13.8. The summed E-state index contributed by atoms with van der Waals surface area (Å²) in [7, 11) is 1.58. The number of hydrogen-bond acceptors (Lipinski definition) is 8. The van der Waals surface area contributed by atoms with E-state index >= 15 is 0 Å². The molecule has 3 aromatic carbocycles. The molecule has 0 radical (unpaired) electrons. The molecule has 0 amide bonds. The molecule has 1 aliphatic rings. The molecule has 0 N–H and O–H groups in total. The van der Waals surface area contributed by atoms with E-state index in [-0.39, 0.29) is 12.2 Å². The number of allylic oxidation sites excluding steroid dienone is 1. The molecule has 206 valence electrons. The van der Waals surface area contributed by atoms with Gasteiger partial charge in [-0.25, -0.2) is 9.79 Å². The van der Waals surface area contributed by atoms with Gasteiger partial charge in [0, 0.05) is 0 Å². The van der Waals surface area contributed by atoms with E-state index in [1.54, 1.807) is 49.8 Å². The van der Waals surface area contributed by atoms with Crippen molar-refractivity contribution < 1.29 is 19.0 Å². The topological polar surface area (TPSA) is 103 Å². The fourth-order valence-electron chi connectivity index (χ4n) is 4.55. The summed E-state index contributed by atoms with van der Waals surface area (Å²) < 4.78 is 18.6. The number of esters is 1. The zero-order valence-corrected chi connectivity index (χ0v) is 23.6. The Labute approximate surface area is 240 Å². The fourth-order valence-corrected chi connectivity index (χ4v) is 5.59. The van der Waals surface area contributed by atoms with Gasteiger partial charge >= 0.3 is 5.97 Å². The summed E-state index contributed by atoms with van der Waals surface area (Å²) >= 11 is 1.27. The number of hydrogen-bond donors (Lipinski definition) is 0. The van der Waals surface area contributed by atoms with Crippen LogP contribution in [-0.4, -0.2) is 24.3 Å². The van der Waals surface area contributed by atoms with Gasteiger partial charge < -0.3 is 14.2 Å². The summed E-state index contributed by atoms with van der Waals surface area (Å²) in [5.74, 6) is 0.853. The molecule has 1 aromatic heterocycles. The molecule has 0 saturated carbocycles. The number of aromatic nitrogens is 1. The quantitative estimate of drug-likeness (QED) is 0.296. The number of ether oxygens (including phenoxy) is 3. The molecule has 4 aromatic rings. The molecule has 1 atom stereocenters. The molecule has 9 heteroatoms. The molecule has 8 nitrogen and oxygen atoms in total. The lowest BCUT2D eigenvalue weighted by atomic mass is 9.96. The summed E-state index contributed by atoms with van der Waals surface area (Å²) in [5, 5.41) is 8.95. The Balaban J connectivity index is 1.47. The summed E-state index contributed by atoms with van der Waals surface area (Å²) in [6.07, 6.45) is 1.81. The maximum atomic E-state index is 13.8. The summed E-state index contributed by atoms with van der Waals surface area (Å²) in [6, 6.07) is 23.4. The number of methoxy groups -OCH3 is 1. The number of rotatable bonds is 8. The summed E-state index contributed by atoms with van der Waals surface area (Å²) in [6.45, 7) is 4.09. The highest BCUT2D eigenvalue weighted by Gasteiger charge is 2.33. The second-order valence-corrected chi connectivity index (χ2v) is 10.3. The van der Waals surface area contributed by atoms with E-state index in [9.17, 15) is 9.59 Å². The number of thiazole rings is 1. The Kier molecular flexibility index (Phi) is 8.13. The molecule has 0 aliphatic carbocycles. The summed E-state index contributed by atoms with van der Waals surface area (Å²) in [5.41, 5.74) is 3.73. The van der Waals surface area contributed by atoms with Crippen LogP contribution in [0.4, 0.5) is 0 Å². The molecule has 1 aliphatic heterocycles. The van der Waals surface area contributed by atoms with Crippen molar-refractivity contribution in [2.24, 2.45) is 4.99 Å². The van der Waals surface area contributed by atoms with Crippen molar-refractivity contribution in [1.82, 2.24) is 4.57 Å². The predicted octanol–water partition coefficient (Wildman–Crippen LogP) is 4.26. The van der Waals surface area contributed by atoms with Crippen LogP contribution in [0.2, 0.25) is 0 Å². The number of nitrogens with zero attached hydrogens (tertiary/aromatic N) is 3. The maximum Gasteiger partial charge on any atom is 0.338 e. The molecule has 0 spiro atoms. The minimum atomic E-state index is -0.684. The van der Waals surface area contributed by atoms with Crippen LogP contribution < -0.4 is 24.4 Å². The van der Waals surface area contributed by atoms with Crippen LogP contribution in [0.1, 0.15) is 42.1 Å². The van der Waals surface area contributed by atoms with Crippen LogP contribution in [0, 0.1) is 11.3 Å². The van der Waals surface area contributed by atoms with Gasteiger partial charge in [0.25, 0.3) is 5.56 Å². The molecule has 0 saturated heterocycles. The van der Waals surface area contributed by atoms with E-state index in [0.29, 0.717) is 44.3 Å². The molecule has 41 heavy (non-hydrogen) atoms. The first-order chi connectivity index (χ1) is 19.9. The van der Waals surface area contributed by atoms with Gasteiger partial charge in [-0.2, -0.15) is 5.26 Å². The van der Waals surface area contributed by atoms with Gasteiger partial charge in [0.2, 0.25) is 0 Å². The normalized spacial score (nSPS) is 14.6. The lowest BCUT2D eigenvalue weighted by molar-refractivity contribution is -0.139. The molecule has 2 heterocycles. The monoisotopic (exact) mass is 565 g/mol. The van der Waals surface area contributed by atoms with Crippen molar-refractivity contribution in [1.29, 1.82) is 5.26 Å². The van der Waals surface area contributed by atoms with E-state index in [1.807, 2.05) is 54.6 Å². The Hall–Kier alpha value is -4.94. The van der Waals surface area contributed by atoms with E-state index in [0.717, 1.165) is 16.7 Å². The van der Waals surface area contributed by atoms with Crippen molar-refractivity contribution in [2.45, 2.75) is 26.5 Å². The molecule has 5 rings (SSSR count). The first-order valence-electron chi connectivity index (χ1n) is 13.0. The second-order valence-electron chi connectivity index (χ2n) is 9.24. The van der Waals surface area contributed by atoms with Crippen molar-refractivity contribution in [3.63, 3.8) is 0 Å². The first kappa shape index (κ1) is 27.6. The Bertz CT molecular complexity index is 1830. The first-order valence-corrected chi connectivity index (χ1v) is 13.8. The lowest BCUT2D eigenvalue weighted by Crippen LogP contribution is -2.39. The van der Waals surface area contributed by atoms with E-state index in [1.165, 1.54) is 11.3 Å². The molecule has 0 bridgehead atoms. The average molecular weight is 566 g/mol. The minimum absolute atomic E-state index is 0.211. The van der Waals surface area contributed by atoms with Gasteiger partial charge in [0.05, 0.1) is 47.2 Å². The van der Waals surface area contributed by atoms with Gasteiger partial charge in [-0.15, -0.1) is 0 Å². The lowest BCUT2D eigenvalue weighted by Gasteiger charge is -2.24. The summed E-state index contributed by atoms with van der Waals surface area (Å²) in [4.78, 5) is 31.9. The zero-order chi connectivity index (χ0) is 28.9. The molecule has 0 fully saturated rings. The van der Waals surface area contributed by atoms with Gasteiger partial charge in [-0.1, -0.05) is 47.7 Å². The molecule has 0 unspecified atom stereocenters. The standard InChI is InChI=1S/C32H27N3O5S/c1-4-39-31(37)28-20(2)34-32-35(29(28)24-11-15-25(38-3)16-12-24)30(36)27(41-32)17-21-9-13-26(14-10-21)40-19-23-7-5-22(18-33)6-8-23/h5-17,29H,4,19H2,1-3H3/b27-17-/t29-/m0/s1. The SMILES string of the molecule is CCOC(=O)C1=C(C)N=c2s/c(=C\c3ccc(OCc4ccc(C#N)cc4)cc3)c(=O)n2[C@H]1c1ccc(OC)cc1. The third kappa shape index (κ3) is 5.83. The third-order valence-electron chi connectivity index (χ3n) is 6.61. The van der Waals surface area contributed by atoms with Crippen molar-refractivity contribution in [3.05, 3.63) is 126 Å². The number of benzene rings is 3. The third-order valence-corrected chi connectivity index (χ3v) is 7.60. The van der Waals surface area contributed by atoms with Gasteiger partial charge in [-0.05, 0) is 73.0 Å². The number of nitriles is 1. The van der Waals surface area contributed by atoms with Crippen LogP contribution >= 0.6 is 11.3 Å². The van der Waals surface area contributed by atoms with Crippen LogP contribution in [-0.2, 0) is 16.1 Å². The van der Waals surface area contributed by atoms with Crippen LogP contribution in [0.25, 0.3) is 6.08 Å². The zero-order valence-electron chi connectivity index (χ0n) is 22.8. The van der Waals surface area contributed by atoms with E-state index in [4.69, 9.17) is 19.5 Å². The van der Waals surface area contributed by atoms with Gasteiger partial charge in [0.15, 0.2) is 4.80 Å². The predicted molar refractivity (Wildman–Crippen MR) is 155 cm³/mol. The van der Waals surface area contributed by atoms with E-state index in [2.05, 4.69) is 11.1 Å². The van der Waals surface area contributed by atoms with Crippen LogP contribution in [0.3, 0.4) is 0 Å². The van der Waals surface area contributed by atoms with Crippen molar-refractivity contribution >= 4 is 23.4 Å². The highest BCUT2D eigenvalue weighted by molar-refractivity contribution is 7.07. The van der Waals surface area contributed by atoms with Crippen molar-refractivity contribution in [3.8, 4) is 17.6 Å². The molecular formula is C32H27N3O5S. The number of carbonyl (C=O) groups is 1. The highest BCUT2D eigenvalue weighted by Crippen LogP contribution is 2.31. The molecular weight excluding hydrogens is 538 g/mol. The van der Waals surface area contributed by atoms with Crippen molar-refractivity contribution in [2.75, 3.05) is 13.7 Å². The second kappa shape index (κ2) is 12.1. The Morgan fingerprint density at radius 3 is 2.37 bits per heavy atom. The number of fused-ring (bicyclic) bond motifs is 1. The highest BCUT2D eigenvalue weighted by atomic mass is 32.1. The fraction of sp³-hybridized carbons (Fsp3) is 0.188.